The number of carbonyl (C=O) groups is 1. The van der Waals surface area contributed by atoms with Crippen LogP contribution in [0.5, 0.6) is 0 Å². The highest BCUT2D eigenvalue weighted by Gasteiger charge is 1.99. The molecule has 1 aromatic rings. The molecular formula is C7H10N2O2. The van der Waals surface area contributed by atoms with Crippen LogP contribution in [-0.4, -0.2) is 23.4 Å². The zero-order chi connectivity index (χ0) is 7.40. The zero-order valence-electron chi connectivity index (χ0n) is 6.16. The van der Waals surface area contributed by atoms with Gasteiger partial charge in [0.15, 0.2) is 0 Å². The Balaban J connectivity index is 0.000001000. The number of pyridine rings is 1. The number of aromatic nitrogens is 1. The Hall–Kier alpha value is -1.42. The van der Waals surface area contributed by atoms with Crippen molar-refractivity contribution in [1.29, 1.82) is 0 Å². The highest BCUT2D eigenvalue weighted by molar-refractivity contribution is 5.91. The summed E-state index contributed by atoms with van der Waals surface area (Å²) in [5, 5.41) is 2.48. The van der Waals surface area contributed by atoms with Gasteiger partial charge < -0.3 is 10.8 Å². The van der Waals surface area contributed by atoms with Crippen LogP contribution in [-0.2, 0) is 0 Å². The molecule has 0 radical (unpaired) electrons. The first kappa shape index (κ1) is 9.58. The van der Waals surface area contributed by atoms with Crippen molar-refractivity contribution in [3.63, 3.8) is 0 Å². The van der Waals surface area contributed by atoms with E-state index in [0.717, 1.165) is 0 Å². The first-order valence-electron chi connectivity index (χ1n) is 2.97. The Kier molecular flexibility index (Phi) is 3.84. The molecule has 4 heteroatoms. The lowest BCUT2D eigenvalue weighted by Gasteiger charge is -1.94. The van der Waals surface area contributed by atoms with Crippen molar-refractivity contribution in [3.05, 3.63) is 30.1 Å². The van der Waals surface area contributed by atoms with Crippen LogP contribution in [0.1, 0.15) is 10.5 Å². The molecule has 0 atom stereocenters. The second kappa shape index (κ2) is 4.40. The van der Waals surface area contributed by atoms with Crippen LogP contribution in [0.25, 0.3) is 0 Å². The fraction of sp³-hybridized carbons (Fsp3) is 0.143. The molecule has 0 saturated carbocycles. The number of rotatable bonds is 1. The predicted molar refractivity (Wildman–Crippen MR) is 41.2 cm³/mol. The number of nitrogens with zero attached hydrogens (tertiary/aromatic N) is 1. The Bertz CT molecular complexity index is 223. The molecule has 0 aliphatic rings. The van der Waals surface area contributed by atoms with Gasteiger partial charge in [-0.25, -0.2) is 0 Å². The summed E-state index contributed by atoms with van der Waals surface area (Å²) in [4.78, 5) is 14.7. The zero-order valence-corrected chi connectivity index (χ0v) is 6.16. The SMILES string of the molecule is CNC(=O)c1ccccn1.O. The standard InChI is InChI=1S/C7H8N2O.H2O/c1-8-7(10)6-4-2-3-5-9-6;/h2-5H,1H3,(H,8,10);1H2. The minimum atomic E-state index is -0.152. The van der Waals surface area contributed by atoms with E-state index in [-0.39, 0.29) is 11.4 Å². The summed E-state index contributed by atoms with van der Waals surface area (Å²) in [6, 6.07) is 5.21. The van der Waals surface area contributed by atoms with Crippen molar-refractivity contribution in [3.8, 4) is 0 Å². The van der Waals surface area contributed by atoms with Crippen molar-refractivity contribution < 1.29 is 10.3 Å². The molecule has 3 N–H and O–H groups in total. The third kappa shape index (κ3) is 2.35. The number of amides is 1. The van der Waals surface area contributed by atoms with E-state index in [2.05, 4.69) is 10.3 Å². The third-order valence-corrected chi connectivity index (χ3v) is 1.12. The second-order valence-electron chi connectivity index (χ2n) is 1.79. The van der Waals surface area contributed by atoms with Gasteiger partial charge in [0.2, 0.25) is 0 Å². The van der Waals surface area contributed by atoms with Crippen molar-refractivity contribution in [2.75, 3.05) is 7.05 Å². The molecule has 0 unspecified atom stereocenters. The van der Waals surface area contributed by atoms with Gasteiger partial charge >= 0.3 is 0 Å². The first-order chi connectivity index (χ1) is 4.84. The van der Waals surface area contributed by atoms with Crippen molar-refractivity contribution in [2.24, 2.45) is 0 Å². The average Bonchev–Trinajstić information content (AvgIpc) is 2.05. The molecule has 0 aliphatic heterocycles. The molecule has 0 aromatic carbocycles. The van der Waals surface area contributed by atoms with Crippen molar-refractivity contribution in [1.82, 2.24) is 10.3 Å². The van der Waals surface area contributed by atoms with Crippen LogP contribution in [0.15, 0.2) is 24.4 Å². The molecule has 1 aromatic heterocycles. The molecule has 1 heterocycles. The normalized spacial score (nSPS) is 8.09. The maximum Gasteiger partial charge on any atom is 0.269 e. The number of hydrogen-bond donors (Lipinski definition) is 1. The fourth-order valence-corrected chi connectivity index (χ4v) is 0.625. The van der Waals surface area contributed by atoms with Gasteiger partial charge in [0, 0.05) is 13.2 Å². The number of carbonyl (C=O) groups excluding carboxylic acids is 1. The maximum absolute atomic E-state index is 10.8. The van der Waals surface area contributed by atoms with Gasteiger partial charge in [-0.1, -0.05) is 6.07 Å². The van der Waals surface area contributed by atoms with Gasteiger partial charge in [0.25, 0.3) is 5.91 Å². The lowest BCUT2D eigenvalue weighted by Crippen LogP contribution is -2.18. The van der Waals surface area contributed by atoms with E-state index < -0.39 is 0 Å². The van der Waals surface area contributed by atoms with Crippen LogP contribution in [0.2, 0.25) is 0 Å². The Labute approximate surface area is 64.6 Å². The van der Waals surface area contributed by atoms with Crippen molar-refractivity contribution in [2.45, 2.75) is 0 Å². The predicted octanol–water partition coefficient (Wildman–Crippen LogP) is -0.383. The first-order valence-corrected chi connectivity index (χ1v) is 2.97. The minimum Gasteiger partial charge on any atom is -0.412 e. The summed E-state index contributed by atoms with van der Waals surface area (Å²) in [5.41, 5.74) is 0.449. The summed E-state index contributed by atoms with van der Waals surface area (Å²) in [5.74, 6) is -0.152. The summed E-state index contributed by atoms with van der Waals surface area (Å²) < 4.78 is 0. The third-order valence-electron chi connectivity index (χ3n) is 1.12. The molecule has 0 saturated heterocycles. The maximum atomic E-state index is 10.8. The van der Waals surface area contributed by atoms with E-state index in [9.17, 15) is 4.79 Å². The molecule has 60 valence electrons. The average molecular weight is 154 g/mol. The molecule has 0 fully saturated rings. The quantitative estimate of drug-likeness (QED) is 0.598. The molecular weight excluding hydrogens is 144 g/mol. The van der Waals surface area contributed by atoms with E-state index in [0.29, 0.717) is 5.69 Å². The number of nitrogens with one attached hydrogen (secondary N) is 1. The Morgan fingerprint density at radius 1 is 1.55 bits per heavy atom. The number of hydrogen-bond acceptors (Lipinski definition) is 2. The van der Waals surface area contributed by atoms with Crippen LogP contribution in [0.3, 0.4) is 0 Å². The van der Waals surface area contributed by atoms with E-state index >= 15 is 0 Å². The lowest BCUT2D eigenvalue weighted by molar-refractivity contribution is 0.0958. The molecule has 1 amide bonds. The summed E-state index contributed by atoms with van der Waals surface area (Å²) in [7, 11) is 1.58. The van der Waals surface area contributed by atoms with Crippen molar-refractivity contribution >= 4 is 5.91 Å². The molecule has 11 heavy (non-hydrogen) atoms. The molecule has 0 aliphatic carbocycles. The van der Waals surface area contributed by atoms with Gasteiger partial charge in [0.05, 0.1) is 0 Å². The van der Waals surface area contributed by atoms with Crippen LogP contribution in [0, 0.1) is 0 Å². The molecule has 0 bridgehead atoms. The fourth-order valence-electron chi connectivity index (χ4n) is 0.625. The molecule has 1 rings (SSSR count). The molecule has 4 nitrogen and oxygen atoms in total. The monoisotopic (exact) mass is 154 g/mol. The van der Waals surface area contributed by atoms with Crippen LogP contribution >= 0.6 is 0 Å². The van der Waals surface area contributed by atoms with E-state index in [4.69, 9.17) is 0 Å². The van der Waals surface area contributed by atoms with E-state index in [1.165, 1.54) is 0 Å². The molecule has 0 spiro atoms. The highest BCUT2D eigenvalue weighted by Crippen LogP contribution is 1.90. The second-order valence-corrected chi connectivity index (χ2v) is 1.79. The van der Waals surface area contributed by atoms with Gasteiger partial charge in [-0.05, 0) is 12.1 Å². The van der Waals surface area contributed by atoms with Crippen LogP contribution in [0.4, 0.5) is 0 Å². The smallest absolute Gasteiger partial charge is 0.269 e. The summed E-state index contributed by atoms with van der Waals surface area (Å²) in [6.07, 6.45) is 1.59. The van der Waals surface area contributed by atoms with Gasteiger partial charge in [-0.2, -0.15) is 0 Å². The van der Waals surface area contributed by atoms with Crippen LogP contribution < -0.4 is 5.32 Å². The van der Waals surface area contributed by atoms with E-state index in [1.54, 1.807) is 31.4 Å². The lowest BCUT2D eigenvalue weighted by atomic mass is 10.3. The largest absolute Gasteiger partial charge is 0.412 e. The summed E-state index contributed by atoms with van der Waals surface area (Å²) in [6.45, 7) is 0. The highest BCUT2D eigenvalue weighted by atomic mass is 16.1. The minimum absolute atomic E-state index is 0. The van der Waals surface area contributed by atoms with Gasteiger partial charge in [-0.15, -0.1) is 0 Å². The Morgan fingerprint density at radius 3 is 2.73 bits per heavy atom. The summed E-state index contributed by atoms with van der Waals surface area (Å²) >= 11 is 0. The van der Waals surface area contributed by atoms with Gasteiger partial charge in [-0.3, -0.25) is 9.78 Å². The van der Waals surface area contributed by atoms with Gasteiger partial charge in [0.1, 0.15) is 5.69 Å². The topological polar surface area (TPSA) is 73.5 Å². The van der Waals surface area contributed by atoms with E-state index in [1.807, 2.05) is 0 Å². The Morgan fingerprint density at radius 2 is 2.27 bits per heavy atom.